The fraction of sp³-hybridized carbons (Fsp3) is 0.0625. The van der Waals surface area contributed by atoms with Crippen LogP contribution < -0.4 is 5.56 Å². The molecule has 2 heterocycles. The number of rotatable bonds is 3. The predicted molar refractivity (Wildman–Crippen MR) is 92.6 cm³/mol. The van der Waals surface area contributed by atoms with Gasteiger partial charge in [-0.05, 0) is 12.1 Å². The van der Waals surface area contributed by atoms with Gasteiger partial charge in [-0.2, -0.15) is 4.98 Å². The van der Waals surface area contributed by atoms with E-state index < -0.39 is 15.0 Å². The molecule has 1 aromatic carbocycles. The zero-order valence-corrected chi connectivity index (χ0v) is 14.2. The van der Waals surface area contributed by atoms with Crippen molar-refractivity contribution in [3.05, 3.63) is 63.9 Å². The summed E-state index contributed by atoms with van der Waals surface area (Å²) >= 11 is 6.17. The number of sulfone groups is 1. The average molecular weight is 362 g/mol. The third kappa shape index (κ3) is 2.61. The van der Waals surface area contributed by atoms with E-state index in [1.54, 1.807) is 30.3 Å². The molecule has 122 valence electrons. The summed E-state index contributed by atoms with van der Waals surface area (Å²) in [5.74, 6) is 0. The first-order valence-corrected chi connectivity index (χ1v) is 8.77. The number of pyridine rings is 1. The molecule has 0 aliphatic heterocycles. The van der Waals surface area contributed by atoms with Crippen LogP contribution in [-0.2, 0) is 16.9 Å². The quantitative estimate of drug-likeness (QED) is 0.669. The van der Waals surface area contributed by atoms with Crippen molar-refractivity contribution in [3.63, 3.8) is 0 Å². The minimum Gasteiger partial charge on any atom is -0.295 e. The standard InChI is InChI=1S/C16H12ClN3O3S/c1-3-24(22,23)16-18-9-10-8-12(11-6-4-5-7-13(11)17)15(21)20(2)14(10)19-16/h3-9H,1H2,2H3. The summed E-state index contributed by atoms with van der Waals surface area (Å²) < 4.78 is 24.9. The van der Waals surface area contributed by atoms with Gasteiger partial charge in [-0.1, -0.05) is 36.4 Å². The molecule has 2 aromatic heterocycles. The highest BCUT2D eigenvalue weighted by molar-refractivity contribution is 7.94. The number of aromatic nitrogens is 3. The van der Waals surface area contributed by atoms with Crippen LogP contribution in [0, 0.1) is 0 Å². The van der Waals surface area contributed by atoms with Gasteiger partial charge in [-0.3, -0.25) is 9.36 Å². The summed E-state index contributed by atoms with van der Waals surface area (Å²) in [6.07, 6.45) is 1.36. The Kier molecular flexibility index (Phi) is 3.98. The smallest absolute Gasteiger partial charge is 0.259 e. The maximum Gasteiger partial charge on any atom is 0.259 e. The van der Waals surface area contributed by atoms with E-state index in [-0.39, 0.29) is 11.2 Å². The monoisotopic (exact) mass is 361 g/mol. The number of fused-ring (bicyclic) bond motifs is 1. The van der Waals surface area contributed by atoms with E-state index in [9.17, 15) is 13.2 Å². The Labute approximate surface area is 143 Å². The van der Waals surface area contributed by atoms with Crippen molar-refractivity contribution in [1.82, 2.24) is 14.5 Å². The molecule has 0 atom stereocenters. The molecule has 6 nitrogen and oxygen atoms in total. The molecular weight excluding hydrogens is 350 g/mol. The number of benzene rings is 1. The number of aryl methyl sites for hydroxylation is 1. The molecule has 0 saturated carbocycles. The molecule has 0 saturated heterocycles. The summed E-state index contributed by atoms with van der Waals surface area (Å²) in [6.45, 7) is 3.24. The minimum atomic E-state index is -3.78. The van der Waals surface area contributed by atoms with Crippen molar-refractivity contribution >= 4 is 32.5 Å². The number of nitrogens with zero attached hydrogens (tertiary/aromatic N) is 3. The summed E-state index contributed by atoms with van der Waals surface area (Å²) in [5, 5.41) is 1.34. The molecule has 0 aliphatic carbocycles. The molecule has 8 heteroatoms. The number of hydrogen-bond donors (Lipinski definition) is 0. The highest BCUT2D eigenvalue weighted by Crippen LogP contribution is 2.27. The zero-order valence-electron chi connectivity index (χ0n) is 12.6. The second-order valence-electron chi connectivity index (χ2n) is 5.05. The van der Waals surface area contributed by atoms with Crippen molar-refractivity contribution < 1.29 is 8.42 Å². The van der Waals surface area contributed by atoms with Crippen molar-refractivity contribution in [2.24, 2.45) is 7.05 Å². The predicted octanol–water partition coefficient (Wildman–Crippen LogP) is 2.57. The van der Waals surface area contributed by atoms with Gasteiger partial charge in [0.05, 0.1) is 0 Å². The Morgan fingerprint density at radius 2 is 1.96 bits per heavy atom. The third-order valence-corrected chi connectivity index (χ3v) is 5.04. The zero-order chi connectivity index (χ0) is 17.5. The van der Waals surface area contributed by atoms with Crippen molar-refractivity contribution in [2.45, 2.75) is 5.16 Å². The van der Waals surface area contributed by atoms with Gasteiger partial charge >= 0.3 is 0 Å². The highest BCUT2D eigenvalue weighted by atomic mass is 35.5. The van der Waals surface area contributed by atoms with Crippen LogP contribution in [0.2, 0.25) is 5.02 Å². The van der Waals surface area contributed by atoms with Crippen LogP contribution in [0.25, 0.3) is 22.2 Å². The van der Waals surface area contributed by atoms with Crippen molar-refractivity contribution in [3.8, 4) is 11.1 Å². The Morgan fingerprint density at radius 1 is 1.25 bits per heavy atom. The largest absolute Gasteiger partial charge is 0.295 e. The second kappa shape index (κ2) is 5.85. The molecule has 0 fully saturated rings. The van der Waals surface area contributed by atoms with E-state index in [1.807, 2.05) is 0 Å². The fourth-order valence-corrected chi connectivity index (χ4v) is 3.12. The van der Waals surface area contributed by atoms with Gasteiger partial charge in [-0.15, -0.1) is 0 Å². The normalized spacial score (nSPS) is 11.6. The Hall–Kier alpha value is -2.51. The summed E-state index contributed by atoms with van der Waals surface area (Å²) in [7, 11) is -2.27. The maximum absolute atomic E-state index is 12.6. The van der Waals surface area contributed by atoms with Gasteiger partial charge < -0.3 is 0 Å². The van der Waals surface area contributed by atoms with Gasteiger partial charge in [0.2, 0.25) is 9.84 Å². The van der Waals surface area contributed by atoms with Crippen LogP contribution in [0.15, 0.2) is 58.5 Å². The minimum absolute atomic E-state index is 0.214. The maximum atomic E-state index is 12.6. The van der Waals surface area contributed by atoms with Crippen LogP contribution >= 0.6 is 11.6 Å². The topological polar surface area (TPSA) is 81.9 Å². The van der Waals surface area contributed by atoms with Gasteiger partial charge in [0.1, 0.15) is 5.65 Å². The van der Waals surface area contributed by atoms with E-state index in [1.165, 1.54) is 17.8 Å². The number of halogens is 1. The first-order valence-electron chi connectivity index (χ1n) is 6.84. The van der Waals surface area contributed by atoms with E-state index >= 15 is 0 Å². The van der Waals surface area contributed by atoms with Gasteiger partial charge in [-0.25, -0.2) is 13.4 Å². The van der Waals surface area contributed by atoms with E-state index in [4.69, 9.17) is 11.6 Å². The molecular formula is C16H12ClN3O3S. The lowest BCUT2D eigenvalue weighted by atomic mass is 10.1. The lowest BCUT2D eigenvalue weighted by molar-refractivity contribution is 0.596. The van der Waals surface area contributed by atoms with Crippen LogP contribution in [-0.4, -0.2) is 23.0 Å². The summed E-state index contributed by atoms with van der Waals surface area (Å²) in [5.41, 5.74) is 0.852. The van der Waals surface area contributed by atoms with Crippen LogP contribution in [0.1, 0.15) is 0 Å². The van der Waals surface area contributed by atoms with Gasteiger partial charge in [0, 0.05) is 40.2 Å². The first-order chi connectivity index (χ1) is 11.3. The molecule has 0 amide bonds. The van der Waals surface area contributed by atoms with Crippen LogP contribution in [0.4, 0.5) is 0 Å². The fourth-order valence-electron chi connectivity index (χ4n) is 2.32. The molecule has 0 spiro atoms. The Bertz CT molecular complexity index is 1140. The SMILES string of the molecule is C=CS(=O)(=O)c1ncc2cc(-c3ccccc3Cl)c(=O)n(C)c2n1. The van der Waals surface area contributed by atoms with Gasteiger partial charge in [0.15, 0.2) is 0 Å². The van der Waals surface area contributed by atoms with E-state index in [0.717, 1.165) is 5.41 Å². The molecule has 0 radical (unpaired) electrons. The molecule has 3 aromatic rings. The third-order valence-electron chi connectivity index (χ3n) is 3.56. The molecule has 0 bridgehead atoms. The van der Waals surface area contributed by atoms with Crippen molar-refractivity contribution in [1.29, 1.82) is 0 Å². The lowest BCUT2D eigenvalue weighted by Gasteiger charge is -2.10. The summed E-state index contributed by atoms with van der Waals surface area (Å²) in [6, 6.07) is 8.58. The lowest BCUT2D eigenvalue weighted by Crippen LogP contribution is -2.20. The summed E-state index contributed by atoms with van der Waals surface area (Å²) in [4.78, 5) is 20.5. The number of hydrogen-bond acceptors (Lipinski definition) is 5. The highest BCUT2D eigenvalue weighted by Gasteiger charge is 2.17. The van der Waals surface area contributed by atoms with Crippen LogP contribution in [0.3, 0.4) is 0 Å². The molecule has 0 N–H and O–H groups in total. The first kappa shape index (κ1) is 16.4. The van der Waals surface area contributed by atoms with Gasteiger partial charge in [0.25, 0.3) is 10.7 Å². The molecule has 0 unspecified atom stereocenters. The van der Waals surface area contributed by atoms with Crippen LogP contribution in [0.5, 0.6) is 0 Å². The average Bonchev–Trinajstić information content (AvgIpc) is 2.58. The molecule has 3 rings (SSSR count). The van der Waals surface area contributed by atoms with E-state index in [0.29, 0.717) is 21.5 Å². The Balaban J connectivity index is 2.34. The van der Waals surface area contributed by atoms with E-state index in [2.05, 4.69) is 16.5 Å². The van der Waals surface area contributed by atoms with Crippen molar-refractivity contribution in [2.75, 3.05) is 0 Å². The Morgan fingerprint density at radius 3 is 2.62 bits per heavy atom. The molecule has 0 aliphatic rings. The molecule has 24 heavy (non-hydrogen) atoms. The second-order valence-corrected chi connectivity index (χ2v) is 7.24.